The van der Waals surface area contributed by atoms with Crippen molar-refractivity contribution < 1.29 is 9.90 Å². The van der Waals surface area contributed by atoms with E-state index in [-0.39, 0.29) is 17.0 Å². The van der Waals surface area contributed by atoms with Gasteiger partial charge >= 0.3 is 0 Å². The lowest BCUT2D eigenvalue weighted by molar-refractivity contribution is 0.102. The van der Waals surface area contributed by atoms with Crippen molar-refractivity contribution in [2.45, 2.75) is 0 Å². The van der Waals surface area contributed by atoms with Gasteiger partial charge in [-0.2, -0.15) is 5.26 Å². The third kappa shape index (κ3) is 2.82. The number of nitrogen functional groups attached to an aromatic ring is 1. The Morgan fingerprint density at radius 3 is 2.65 bits per heavy atom. The highest BCUT2D eigenvalue weighted by atomic mass is 35.5. The Labute approximate surface area is 120 Å². The molecule has 0 atom stereocenters. The smallest absolute Gasteiger partial charge is 0.259 e. The number of phenolic OH excluding ortho intramolecular Hbond substituents is 1. The number of aromatic hydroxyl groups is 1. The molecule has 0 fully saturated rings. The van der Waals surface area contributed by atoms with Gasteiger partial charge in [0.05, 0.1) is 28.6 Å². The molecule has 0 aliphatic heterocycles. The number of rotatable bonds is 2. The van der Waals surface area contributed by atoms with Crippen molar-refractivity contribution in [1.82, 2.24) is 0 Å². The maximum Gasteiger partial charge on any atom is 0.259 e. The first-order valence-electron chi connectivity index (χ1n) is 5.61. The van der Waals surface area contributed by atoms with Crippen molar-refractivity contribution in [2.24, 2.45) is 0 Å². The molecule has 6 heteroatoms. The fourth-order valence-corrected chi connectivity index (χ4v) is 1.80. The predicted molar refractivity (Wildman–Crippen MR) is 76.6 cm³/mol. The molecular weight excluding hydrogens is 278 g/mol. The van der Waals surface area contributed by atoms with E-state index >= 15 is 0 Å². The van der Waals surface area contributed by atoms with Crippen LogP contribution in [0, 0.1) is 11.3 Å². The van der Waals surface area contributed by atoms with Crippen LogP contribution in [0.25, 0.3) is 0 Å². The van der Waals surface area contributed by atoms with Crippen LogP contribution in [0.3, 0.4) is 0 Å². The summed E-state index contributed by atoms with van der Waals surface area (Å²) >= 11 is 5.70. The molecule has 100 valence electrons. The van der Waals surface area contributed by atoms with Crippen molar-refractivity contribution in [3.05, 3.63) is 52.5 Å². The van der Waals surface area contributed by atoms with Gasteiger partial charge in [0.15, 0.2) is 0 Å². The number of phenols is 1. The van der Waals surface area contributed by atoms with Gasteiger partial charge in [0.1, 0.15) is 5.75 Å². The maximum atomic E-state index is 12.0. The number of halogens is 1. The lowest BCUT2D eigenvalue weighted by Crippen LogP contribution is -2.13. The number of benzene rings is 2. The molecule has 0 aliphatic carbocycles. The minimum absolute atomic E-state index is 0.0816. The lowest BCUT2D eigenvalue weighted by atomic mass is 10.1. The number of amides is 1. The summed E-state index contributed by atoms with van der Waals surface area (Å²) in [5.41, 5.74) is 6.85. The van der Waals surface area contributed by atoms with Crippen LogP contribution in [0.4, 0.5) is 11.4 Å². The molecule has 0 saturated carbocycles. The third-order valence-corrected chi connectivity index (χ3v) is 2.87. The van der Waals surface area contributed by atoms with Crippen LogP contribution in [0.15, 0.2) is 36.4 Å². The van der Waals surface area contributed by atoms with Crippen molar-refractivity contribution in [1.29, 1.82) is 5.26 Å². The second-order valence-electron chi connectivity index (χ2n) is 4.03. The summed E-state index contributed by atoms with van der Waals surface area (Å²) in [6.07, 6.45) is 0. The quantitative estimate of drug-likeness (QED) is 0.739. The maximum absolute atomic E-state index is 12.0. The van der Waals surface area contributed by atoms with Gasteiger partial charge in [-0.3, -0.25) is 4.79 Å². The normalized spacial score (nSPS) is 9.80. The number of nitrogens with one attached hydrogen (secondary N) is 1. The number of hydrogen-bond donors (Lipinski definition) is 3. The molecule has 0 heterocycles. The molecule has 0 bridgehead atoms. The molecule has 0 spiro atoms. The second kappa shape index (κ2) is 5.51. The van der Waals surface area contributed by atoms with Gasteiger partial charge in [0, 0.05) is 5.02 Å². The van der Waals surface area contributed by atoms with Crippen LogP contribution in [0.2, 0.25) is 5.02 Å². The summed E-state index contributed by atoms with van der Waals surface area (Å²) in [4.78, 5) is 12.0. The number of carbonyl (C=O) groups is 1. The zero-order valence-electron chi connectivity index (χ0n) is 10.2. The van der Waals surface area contributed by atoms with Gasteiger partial charge in [-0.1, -0.05) is 11.6 Å². The summed E-state index contributed by atoms with van der Waals surface area (Å²) in [6.45, 7) is 0. The standard InChI is InChI=1S/C14H10ClN3O2/c15-9-2-3-10(13(19)6-9)14(20)18-12-4-1-8(7-16)5-11(12)17/h1-6,19H,17H2,(H,18,20). The highest BCUT2D eigenvalue weighted by Gasteiger charge is 2.13. The van der Waals surface area contributed by atoms with Gasteiger partial charge in [-0.05, 0) is 36.4 Å². The van der Waals surface area contributed by atoms with Crippen molar-refractivity contribution in [3.63, 3.8) is 0 Å². The van der Waals surface area contributed by atoms with E-state index in [0.29, 0.717) is 16.3 Å². The van der Waals surface area contributed by atoms with E-state index < -0.39 is 5.91 Å². The molecule has 5 nitrogen and oxygen atoms in total. The van der Waals surface area contributed by atoms with E-state index in [1.165, 1.54) is 36.4 Å². The number of hydrogen-bond acceptors (Lipinski definition) is 4. The average molecular weight is 288 g/mol. The van der Waals surface area contributed by atoms with E-state index in [1.54, 1.807) is 0 Å². The zero-order valence-corrected chi connectivity index (χ0v) is 11.0. The molecule has 0 radical (unpaired) electrons. The number of anilines is 2. The van der Waals surface area contributed by atoms with Gasteiger partial charge in [0.25, 0.3) is 5.91 Å². The third-order valence-electron chi connectivity index (χ3n) is 2.63. The van der Waals surface area contributed by atoms with Crippen LogP contribution in [0.1, 0.15) is 15.9 Å². The Bertz CT molecular complexity index is 723. The van der Waals surface area contributed by atoms with Crippen LogP contribution in [0.5, 0.6) is 5.75 Å². The van der Waals surface area contributed by atoms with Gasteiger partial charge in [0.2, 0.25) is 0 Å². The topological polar surface area (TPSA) is 99.1 Å². The Morgan fingerprint density at radius 2 is 2.05 bits per heavy atom. The monoisotopic (exact) mass is 287 g/mol. The van der Waals surface area contributed by atoms with Gasteiger partial charge < -0.3 is 16.2 Å². The average Bonchev–Trinajstić information content (AvgIpc) is 2.40. The number of carbonyl (C=O) groups excluding carboxylic acids is 1. The minimum Gasteiger partial charge on any atom is -0.507 e. The van der Waals surface area contributed by atoms with Crippen molar-refractivity contribution in [2.75, 3.05) is 11.1 Å². The largest absolute Gasteiger partial charge is 0.507 e. The first-order valence-corrected chi connectivity index (χ1v) is 5.98. The van der Waals surface area contributed by atoms with Gasteiger partial charge in [-0.15, -0.1) is 0 Å². The molecule has 4 N–H and O–H groups in total. The molecule has 0 aliphatic rings. The van der Waals surface area contributed by atoms with Crippen LogP contribution >= 0.6 is 11.6 Å². The molecule has 2 aromatic rings. The van der Waals surface area contributed by atoms with Gasteiger partial charge in [-0.25, -0.2) is 0 Å². The summed E-state index contributed by atoms with van der Waals surface area (Å²) in [5.74, 6) is -0.738. The number of nitriles is 1. The van der Waals surface area contributed by atoms with E-state index in [4.69, 9.17) is 22.6 Å². The lowest BCUT2D eigenvalue weighted by Gasteiger charge is -2.09. The fourth-order valence-electron chi connectivity index (χ4n) is 1.63. The minimum atomic E-state index is -0.518. The Balaban J connectivity index is 2.26. The molecule has 20 heavy (non-hydrogen) atoms. The molecule has 0 saturated heterocycles. The molecule has 2 aromatic carbocycles. The van der Waals surface area contributed by atoms with E-state index in [9.17, 15) is 9.90 Å². The Kier molecular flexibility index (Phi) is 3.78. The number of nitrogens with two attached hydrogens (primary N) is 1. The van der Waals surface area contributed by atoms with E-state index in [1.807, 2.05) is 6.07 Å². The van der Waals surface area contributed by atoms with Crippen LogP contribution in [-0.4, -0.2) is 11.0 Å². The molecule has 0 unspecified atom stereocenters. The summed E-state index contributed by atoms with van der Waals surface area (Å²) in [7, 11) is 0. The highest BCUT2D eigenvalue weighted by Crippen LogP contribution is 2.25. The highest BCUT2D eigenvalue weighted by molar-refractivity contribution is 6.31. The van der Waals surface area contributed by atoms with Crippen LogP contribution < -0.4 is 11.1 Å². The molecule has 1 amide bonds. The molecule has 2 rings (SSSR count). The summed E-state index contributed by atoms with van der Waals surface area (Å²) < 4.78 is 0. The SMILES string of the molecule is N#Cc1ccc(NC(=O)c2ccc(Cl)cc2O)c(N)c1. The van der Waals surface area contributed by atoms with Crippen LogP contribution in [-0.2, 0) is 0 Å². The summed E-state index contributed by atoms with van der Waals surface area (Å²) in [6, 6.07) is 10.6. The van der Waals surface area contributed by atoms with E-state index in [2.05, 4.69) is 5.32 Å². The second-order valence-corrected chi connectivity index (χ2v) is 4.47. The Hall–Kier alpha value is -2.71. The first kappa shape index (κ1) is 13.7. The molecule has 0 aromatic heterocycles. The van der Waals surface area contributed by atoms with Crippen molar-refractivity contribution >= 4 is 28.9 Å². The zero-order chi connectivity index (χ0) is 14.7. The van der Waals surface area contributed by atoms with E-state index in [0.717, 1.165) is 0 Å². The Morgan fingerprint density at radius 1 is 1.30 bits per heavy atom. The summed E-state index contributed by atoms with van der Waals surface area (Å²) in [5, 5.41) is 21.3. The molecular formula is C14H10ClN3O2. The predicted octanol–water partition coefficient (Wildman–Crippen LogP) is 2.75. The first-order chi connectivity index (χ1) is 9.51. The van der Waals surface area contributed by atoms with Crippen molar-refractivity contribution in [3.8, 4) is 11.8 Å². The fraction of sp³-hybridized carbons (Fsp3) is 0. The number of nitrogens with zero attached hydrogens (tertiary/aromatic N) is 1.